The van der Waals surface area contributed by atoms with Gasteiger partial charge in [-0.25, -0.2) is 9.18 Å². The molecule has 3 aliphatic heterocycles. The number of carbonyl (C=O) groups is 6. The van der Waals surface area contributed by atoms with Crippen LogP contribution in [-0.2, 0) is 58.7 Å². The van der Waals surface area contributed by atoms with Gasteiger partial charge in [0.25, 0.3) is 5.56 Å². The Hall–Kier alpha value is -6.44. The smallest absolute Gasteiger partial charge is 0.343 e. The molecule has 0 spiro atoms. The summed E-state index contributed by atoms with van der Waals surface area (Å²) in [6, 6.07) is 7.29. The summed E-state index contributed by atoms with van der Waals surface area (Å²) in [6.07, 6.45) is 4.08. The van der Waals surface area contributed by atoms with Crippen molar-refractivity contribution in [2.45, 2.75) is 102 Å². The molecular formula is C45H54FN9O9. The molecule has 11 N–H and O–H groups in total. The number of cyclic esters (lactones) is 1. The van der Waals surface area contributed by atoms with E-state index >= 15 is 4.39 Å². The topological polar surface area (TPSA) is 278 Å². The summed E-state index contributed by atoms with van der Waals surface area (Å²) < 4.78 is 22.2. The van der Waals surface area contributed by atoms with Crippen LogP contribution in [0.3, 0.4) is 0 Å². The number of hydrogen-bond donors (Lipinski definition) is 9. The number of nitrogens with one attached hydrogen (secondary N) is 6. The molecule has 5 aliphatic rings. The highest BCUT2D eigenvalue weighted by Gasteiger charge is 2.47. The first-order valence-corrected chi connectivity index (χ1v) is 21.5. The molecule has 5 atom stereocenters. The SMILES string of the molecule is CC[C@@]1(O)C(=O)OCc2c1cc1n(c2=O)CC2=C1NC1C=C(F)C(C)=C3CC[C@H](NC(=O)CNC(=O)[C@H](Cc4ccccc4)NC(=O)CNC(=O)CNC(=O)[C@@H](N)CCCCN)C2=C31. The number of amides is 5. The fourth-order valence-corrected chi connectivity index (χ4v) is 9.00. The average molecular weight is 884 g/mol. The van der Waals surface area contributed by atoms with Gasteiger partial charge in [-0.3, -0.25) is 28.8 Å². The second-order valence-corrected chi connectivity index (χ2v) is 16.6. The van der Waals surface area contributed by atoms with Crippen LogP contribution in [0.2, 0.25) is 0 Å². The van der Waals surface area contributed by atoms with Crippen molar-refractivity contribution >= 4 is 41.2 Å². The number of hydrogen-bond acceptors (Lipinski definition) is 12. The van der Waals surface area contributed by atoms with Gasteiger partial charge in [0.1, 0.15) is 18.5 Å². The summed E-state index contributed by atoms with van der Waals surface area (Å²) in [5.74, 6) is -4.30. The first kappa shape index (κ1) is 45.6. The van der Waals surface area contributed by atoms with Crippen molar-refractivity contribution in [1.82, 2.24) is 36.5 Å². The lowest BCUT2D eigenvalue weighted by Crippen LogP contribution is -2.53. The number of halogens is 1. The van der Waals surface area contributed by atoms with Gasteiger partial charge in [0.15, 0.2) is 5.60 Å². The van der Waals surface area contributed by atoms with E-state index in [2.05, 4.69) is 31.9 Å². The van der Waals surface area contributed by atoms with Gasteiger partial charge in [0.2, 0.25) is 29.5 Å². The van der Waals surface area contributed by atoms with E-state index in [0.29, 0.717) is 66.8 Å². The van der Waals surface area contributed by atoms with Crippen molar-refractivity contribution in [3.05, 3.63) is 109 Å². The largest absolute Gasteiger partial charge is 0.458 e. The number of esters is 1. The molecule has 64 heavy (non-hydrogen) atoms. The average Bonchev–Trinajstić information content (AvgIpc) is 3.66. The van der Waals surface area contributed by atoms with E-state index < -0.39 is 96.3 Å². The predicted octanol–water partition coefficient (Wildman–Crippen LogP) is -0.510. The highest BCUT2D eigenvalue weighted by molar-refractivity contribution is 5.93. The molecule has 0 radical (unpaired) electrons. The molecule has 1 aromatic heterocycles. The van der Waals surface area contributed by atoms with Crippen molar-refractivity contribution in [1.29, 1.82) is 0 Å². The number of allylic oxidation sites excluding steroid dienone is 2. The lowest BCUT2D eigenvalue weighted by Gasteiger charge is -2.41. The number of nitrogens with two attached hydrogens (primary N) is 2. The Morgan fingerprint density at radius 1 is 0.984 bits per heavy atom. The van der Waals surface area contributed by atoms with Crippen molar-refractivity contribution < 1.29 is 43.0 Å². The highest BCUT2D eigenvalue weighted by Crippen LogP contribution is 2.48. The summed E-state index contributed by atoms with van der Waals surface area (Å²) in [5.41, 5.74) is 14.3. The van der Waals surface area contributed by atoms with E-state index in [4.69, 9.17) is 16.2 Å². The number of aromatic nitrogens is 1. The number of dihydropyridines is 1. The maximum absolute atomic E-state index is 15.4. The summed E-state index contributed by atoms with van der Waals surface area (Å²) >= 11 is 0. The molecule has 1 aromatic carbocycles. The normalized spacial score (nSPS) is 21.5. The molecule has 2 aromatic rings. The van der Waals surface area contributed by atoms with Crippen LogP contribution in [0.4, 0.5) is 4.39 Å². The van der Waals surface area contributed by atoms with Crippen LogP contribution in [-0.4, -0.2) is 95.5 Å². The lowest BCUT2D eigenvalue weighted by atomic mass is 9.72. The van der Waals surface area contributed by atoms with Crippen molar-refractivity contribution in [2.24, 2.45) is 11.5 Å². The van der Waals surface area contributed by atoms with E-state index in [-0.39, 0.29) is 37.1 Å². The van der Waals surface area contributed by atoms with Gasteiger partial charge in [0, 0.05) is 17.6 Å². The predicted molar refractivity (Wildman–Crippen MR) is 231 cm³/mol. The zero-order chi connectivity index (χ0) is 45.9. The van der Waals surface area contributed by atoms with E-state index in [9.17, 15) is 38.7 Å². The van der Waals surface area contributed by atoms with Crippen molar-refractivity contribution in [3.63, 3.8) is 0 Å². The van der Waals surface area contributed by atoms with Gasteiger partial charge < -0.3 is 57.8 Å². The molecule has 7 rings (SSSR count). The number of aliphatic hydroxyl groups is 1. The number of fused-ring (bicyclic) bond motifs is 4. The molecule has 4 heterocycles. The second-order valence-electron chi connectivity index (χ2n) is 16.6. The number of carbonyl (C=O) groups excluding carboxylic acids is 6. The fourth-order valence-electron chi connectivity index (χ4n) is 9.00. The molecule has 0 saturated carbocycles. The number of ether oxygens (including phenoxy) is 1. The minimum Gasteiger partial charge on any atom is -0.458 e. The summed E-state index contributed by atoms with van der Waals surface area (Å²) in [7, 11) is 0. The van der Waals surface area contributed by atoms with Gasteiger partial charge >= 0.3 is 5.97 Å². The van der Waals surface area contributed by atoms with Crippen LogP contribution in [0.25, 0.3) is 5.70 Å². The summed E-state index contributed by atoms with van der Waals surface area (Å²) in [6.45, 7) is 2.21. The van der Waals surface area contributed by atoms with Crippen molar-refractivity contribution in [3.8, 4) is 0 Å². The number of rotatable bonds is 17. The first-order valence-electron chi connectivity index (χ1n) is 21.5. The van der Waals surface area contributed by atoms with E-state index in [1.807, 2.05) is 0 Å². The van der Waals surface area contributed by atoms with Crippen LogP contribution in [0.15, 0.2) is 81.0 Å². The Kier molecular flexibility index (Phi) is 13.6. The zero-order valence-corrected chi connectivity index (χ0v) is 35.7. The van der Waals surface area contributed by atoms with Gasteiger partial charge in [-0.15, -0.1) is 0 Å². The Morgan fingerprint density at radius 2 is 1.70 bits per heavy atom. The molecular weight excluding hydrogens is 830 g/mol. The zero-order valence-electron chi connectivity index (χ0n) is 35.7. The summed E-state index contributed by atoms with van der Waals surface area (Å²) in [5, 5.41) is 27.9. The van der Waals surface area contributed by atoms with Crippen LogP contribution < -0.4 is 48.9 Å². The molecule has 0 fully saturated rings. The highest BCUT2D eigenvalue weighted by atomic mass is 19.1. The Bertz CT molecular complexity index is 2460. The van der Waals surface area contributed by atoms with E-state index in [1.54, 1.807) is 50.2 Å². The van der Waals surface area contributed by atoms with Gasteiger partial charge in [-0.2, -0.15) is 0 Å². The molecule has 5 amide bonds. The monoisotopic (exact) mass is 883 g/mol. The van der Waals surface area contributed by atoms with E-state index in [0.717, 1.165) is 16.7 Å². The summed E-state index contributed by atoms with van der Waals surface area (Å²) in [4.78, 5) is 91.9. The standard InChI is InChI=1S/C45H54FN9O9/c1-3-45(63)28-16-34-40-26(21-55(34)43(61)27(28)22-64-44(45)62)39-31(13-12-25-23(2)29(46)17-32(54-40)38(25)39)52-37(58)20-51-42(60)33(15-24-9-5-4-6-10-24)53-36(57)19-49-35(56)18-50-41(59)30(48)11-7-8-14-47/h4-6,9-10,16-17,30-33,54,63H,3,7-8,11-15,18-22,47-48H2,1-2H3,(H,49,56)(H,50,59)(H,51,60)(H,52,58)(H,53,57)/t30-,31-,32?,33-,45-/m0/s1. The third-order valence-electron chi connectivity index (χ3n) is 12.5. The molecule has 0 bridgehead atoms. The number of nitrogens with zero attached hydrogens (tertiary/aromatic N) is 1. The Morgan fingerprint density at radius 3 is 2.44 bits per heavy atom. The van der Waals surface area contributed by atoms with Crippen LogP contribution in [0, 0.1) is 0 Å². The molecule has 340 valence electrons. The maximum Gasteiger partial charge on any atom is 0.343 e. The Balaban J connectivity index is 1.04. The fraction of sp³-hybridized carbons (Fsp3) is 0.444. The number of benzene rings is 1. The molecule has 19 heteroatoms. The van der Waals surface area contributed by atoms with Crippen molar-refractivity contribution in [2.75, 3.05) is 26.2 Å². The molecule has 0 saturated heterocycles. The minimum atomic E-state index is -2.03. The van der Waals surface area contributed by atoms with Gasteiger partial charge in [0.05, 0.1) is 61.3 Å². The van der Waals surface area contributed by atoms with Gasteiger partial charge in [-0.05, 0) is 85.6 Å². The third kappa shape index (κ3) is 9.13. The quantitative estimate of drug-likeness (QED) is 0.0718. The first-order chi connectivity index (χ1) is 30.6. The third-order valence-corrected chi connectivity index (χ3v) is 12.5. The van der Waals surface area contributed by atoms with Crippen LogP contribution in [0.5, 0.6) is 0 Å². The second kappa shape index (κ2) is 19.1. The number of unbranched alkanes of at least 4 members (excludes halogenated alkanes) is 1. The molecule has 1 unspecified atom stereocenters. The van der Waals surface area contributed by atoms with Gasteiger partial charge in [-0.1, -0.05) is 43.7 Å². The minimum absolute atomic E-state index is 0.0299. The molecule has 18 nitrogen and oxygen atoms in total. The maximum atomic E-state index is 15.4. The van der Waals surface area contributed by atoms with Crippen LogP contribution >= 0.6 is 0 Å². The number of pyridine rings is 1. The molecule has 2 aliphatic carbocycles. The lowest BCUT2D eigenvalue weighted by molar-refractivity contribution is -0.172. The van der Waals surface area contributed by atoms with E-state index in [1.165, 1.54) is 10.6 Å². The van der Waals surface area contributed by atoms with Crippen LogP contribution in [0.1, 0.15) is 74.8 Å². The Labute approximate surface area is 368 Å².